The molecular weight excluding hydrogens is 245 g/mol. The molecule has 0 aliphatic carbocycles. The molecule has 0 radical (unpaired) electrons. The van der Waals surface area contributed by atoms with Crippen LogP contribution in [0.4, 0.5) is 4.39 Å². The molecule has 0 aliphatic rings. The van der Waals surface area contributed by atoms with Crippen molar-refractivity contribution in [2.45, 2.75) is 26.3 Å². The number of carbonyl (C=O) groups is 1. The predicted octanol–water partition coefficient (Wildman–Crippen LogP) is 2.90. The highest BCUT2D eigenvalue weighted by molar-refractivity contribution is 6.31. The highest BCUT2D eigenvalue weighted by Gasteiger charge is 2.21. The summed E-state index contributed by atoms with van der Waals surface area (Å²) in [6.45, 7) is 3.31. The van der Waals surface area contributed by atoms with Gasteiger partial charge in [0.2, 0.25) is 0 Å². The van der Waals surface area contributed by atoms with Crippen LogP contribution in [0, 0.1) is 18.7 Å². The van der Waals surface area contributed by atoms with Crippen molar-refractivity contribution in [3.63, 3.8) is 0 Å². The van der Waals surface area contributed by atoms with E-state index in [0.29, 0.717) is 16.1 Å². The molecule has 0 aromatic heterocycles. The molecule has 0 fully saturated rings. The molecule has 1 rings (SSSR count). The minimum Gasteiger partial charge on any atom is -0.481 e. The molecule has 0 saturated heterocycles. The largest absolute Gasteiger partial charge is 0.481 e. The summed E-state index contributed by atoms with van der Waals surface area (Å²) in [4.78, 5) is 10.6. The molecule has 0 saturated carbocycles. The summed E-state index contributed by atoms with van der Waals surface area (Å²) in [5.41, 5.74) is 6.78. The fraction of sp³-hybridized carbons (Fsp3) is 0.417. The van der Waals surface area contributed by atoms with Crippen LogP contribution in [0.2, 0.25) is 5.02 Å². The van der Waals surface area contributed by atoms with Crippen LogP contribution < -0.4 is 5.73 Å². The van der Waals surface area contributed by atoms with E-state index in [2.05, 4.69) is 0 Å². The molecule has 3 N–H and O–H groups in total. The van der Waals surface area contributed by atoms with E-state index in [-0.39, 0.29) is 18.2 Å². The summed E-state index contributed by atoms with van der Waals surface area (Å²) in [5.74, 6) is -1.63. The van der Waals surface area contributed by atoms with Crippen LogP contribution in [0.5, 0.6) is 0 Å². The van der Waals surface area contributed by atoms with Crippen LogP contribution in [0.15, 0.2) is 12.1 Å². The van der Waals surface area contributed by atoms with Crippen molar-refractivity contribution < 1.29 is 14.3 Å². The van der Waals surface area contributed by atoms with Gasteiger partial charge >= 0.3 is 5.97 Å². The lowest BCUT2D eigenvalue weighted by atomic mass is 9.92. The summed E-state index contributed by atoms with van der Waals surface area (Å²) in [6, 6.07) is 2.19. The molecule has 0 amide bonds. The standard InChI is InChI=1S/C12H15ClFNO2/c1-6-3-9(13)8(5-10(6)14)12(15)7(2)4-11(16)17/h3,5,7,12H,4,15H2,1-2H3,(H,16,17). The van der Waals surface area contributed by atoms with Gasteiger partial charge in [0.1, 0.15) is 5.82 Å². The summed E-state index contributed by atoms with van der Waals surface area (Å²) in [5, 5.41) is 9.05. The lowest BCUT2D eigenvalue weighted by Crippen LogP contribution is -2.22. The van der Waals surface area contributed by atoms with Gasteiger partial charge in [-0.25, -0.2) is 4.39 Å². The lowest BCUT2D eigenvalue weighted by molar-refractivity contribution is -0.138. The van der Waals surface area contributed by atoms with Crippen molar-refractivity contribution >= 4 is 17.6 Å². The Morgan fingerprint density at radius 2 is 2.18 bits per heavy atom. The van der Waals surface area contributed by atoms with E-state index in [9.17, 15) is 9.18 Å². The molecule has 1 aromatic carbocycles. The molecule has 0 bridgehead atoms. The van der Waals surface area contributed by atoms with Gasteiger partial charge in [-0.1, -0.05) is 18.5 Å². The van der Waals surface area contributed by atoms with Crippen LogP contribution in [-0.4, -0.2) is 11.1 Å². The third-order valence-corrected chi connectivity index (χ3v) is 3.07. The van der Waals surface area contributed by atoms with Crippen molar-refractivity contribution in [1.29, 1.82) is 0 Å². The Hall–Kier alpha value is -1.13. The third kappa shape index (κ3) is 3.41. The molecule has 1 aromatic rings. The van der Waals surface area contributed by atoms with Gasteiger partial charge in [-0.05, 0) is 36.1 Å². The summed E-state index contributed by atoms with van der Waals surface area (Å²) < 4.78 is 13.4. The molecule has 5 heteroatoms. The minimum absolute atomic E-state index is 0.0764. The maximum atomic E-state index is 13.4. The number of aryl methyl sites for hydroxylation is 1. The van der Waals surface area contributed by atoms with E-state index in [1.54, 1.807) is 13.8 Å². The predicted molar refractivity (Wildman–Crippen MR) is 64.5 cm³/mol. The van der Waals surface area contributed by atoms with E-state index in [1.807, 2.05) is 0 Å². The van der Waals surface area contributed by atoms with Crippen molar-refractivity contribution in [1.82, 2.24) is 0 Å². The van der Waals surface area contributed by atoms with Crippen LogP contribution in [0.1, 0.15) is 30.5 Å². The second-order valence-electron chi connectivity index (χ2n) is 4.22. The normalized spacial score (nSPS) is 14.4. The Labute approximate surface area is 104 Å². The first kappa shape index (κ1) is 13.9. The first-order chi connectivity index (χ1) is 7.82. The zero-order chi connectivity index (χ0) is 13.2. The van der Waals surface area contributed by atoms with Crippen LogP contribution in [0.25, 0.3) is 0 Å². The fourth-order valence-corrected chi connectivity index (χ4v) is 1.97. The first-order valence-electron chi connectivity index (χ1n) is 5.25. The number of carboxylic acids is 1. The molecule has 2 atom stereocenters. The van der Waals surface area contributed by atoms with Gasteiger partial charge in [0.15, 0.2) is 0 Å². The van der Waals surface area contributed by atoms with Gasteiger partial charge < -0.3 is 10.8 Å². The number of hydrogen-bond donors (Lipinski definition) is 2. The summed E-state index contributed by atoms with van der Waals surface area (Å²) in [7, 11) is 0. The van der Waals surface area contributed by atoms with Gasteiger partial charge in [0, 0.05) is 17.5 Å². The number of benzene rings is 1. The molecule has 0 spiro atoms. The highest BCUT2D eigenvalue weighted by Crippen LogP contribution is 2.30. The number of halogens is 2. The minimum atomic E-state index is -0.934. The number of aliphatic carboxylic acids is 1. The average molecular weight is 260 g/mol. The molecule has 0 aliphatic heterocycles. The maximum Gasteiger partial charge on any atom is 0.303 e. The number of hydrogen-bond acceptors (Lipinski definition) is 2. The van der Waals surface area contributed by atoms with Crippen LogP contribution >= 0.6 is 11.6 Å². The fourth-order valence-electron chi connectivity index (χ4n) is 1.63. The second-order valence-corrected chi connectivity index (χ2v) is 4.63. The topological polar surface area (TPSA) is 63.3 Å². The molecule has 2 unspecified atom stereocenters. The van der Waals surface area contributed by atoms with Crippen molar-refractivity contribution in [3.05, 3.63) is 34.1 Å². The van der Waals surface area contributed by atoms with E-state index in [4.69, 9.17) is 22.4 Å². The highest BCUT2D eigenvalue weighted by atomic mass is 35.5. The van der Waals surface area contributed by atoms with Crippen molar-refractivity contribution in [2.24, 2.45) is 11.7 Å². The van der Waals surface area contributed by atoms with Gasteiger partial charge in [0.25, 0.3) is 0 Å². The van der Waals surface area contributed by atoms with Crippen molar-refractivity contribution in [2.75, 3.05) is 0 Å². The van der Waals surface area contributed by atoms with E-state index in [1.165, 1.54) is 12.1 Å². The Balaban J connectivity index is 2.99. The molecule has 17 heavy (non-hydrogen) atoms. The molecule has 0 heterocycles. The quantitative estimate of drug-likeness (QED) is 0.874. The Morgan fingerprint density at radius 3 is 2.71 bits per heavy atom. The number of carboxylic acid groups (broad SMARTS) is 1. The second kappa shape index (κ2) is 5.47. The zero-order valence-corrected chi connectivity index (χ0v) is 10.5. The van der Waals surface area contributed by atoms with Gasteiger partial charge in [-0.3, -0.25) is 4.79 Å². The van der Waals surface area contributed by atoms with Gasteiger partial charge in [-0.15, -0.1) is 0 Å². The molecule has 3 nitrogen and oxygen atoms in total. The molecule has 94 valence electrons. The van der Waals surface area contributed by atoms with E-state index >= 15 is 0 Å². The smallest absolute Gasteiger partial charge is 0.303 e. The SMILES string of the molecule is Cc1cc(Cl)c(C(N)C(C)CC(=O)O)cc1F. The monoisotopic (exact) mass is 259 g/mol. The Morgan fingerprint density at radius 1 is 1.59 bits per heavy atom. The van der Waals surface area contributed by atoms with Gasteiger partial charge in [-0.2, -0.15) is 0 Å². The van der Waals surface area contributed by atoms with Gasteiger partial charge in [0.05, 0.1) is 0 Å². The summed E-state index contributed by atoms with van der Waals surface area (Å²) in [6.07, 6.45) is -0.0764. The zero-order valence-electron chi connectivity index (χ0n) is 9.71. The van der Waals surface area contributed by atoms with Crippen LogP contribution in [0.3, 0.4) is 0 Å². The van der Waals surface area contributed by atoms with E-state index < -0.39 is 12.0 Å². The number of nitrogens with two attached hydrogens (primary N) is 1. The maximum absolute atomic E-state index is 13.4. The third-order valence-electron chi connectivity index (χ3n) is 2.75. The lowest BCUT2D eigenvalue weighted by Gasteiger charge is -2.20. The van der Waals surface area contributed by atoms with Crippen LogP contribution in [-0.2, 0) is 4.79 Å². The summed E-state index contributed by atoms with van der Waals surface area (Å²) >= 11 is 5.98. The average Bonchev–Trinajstić information content (AvgIpc) is 2.21. The van der Waals surface area contributed by atoms with E-state index in [0.717, 1.165) is 0 Å². The van der Waals surface area contributed by atoms with Crippen molar-refractivity contribution in [3.8, 4) is 0 Å². The number of rotatable bonds is 4. The Bertz CT molecular complexity index is 437. The molecular formula is C12H15ClFNO2. The Kier molecular flexibility index (Phi) is 4.48. The first-order valence-corrected chi connectivity index (χ1v) is 5.63.